The van der Waals surface area contributed by atoms with Gasteiger partial charge in [-0.1, -0.05) is 26.0 Å². The summed E-state index contributed by atoms with van der Waals surface area (Å²) in [5.41, 5.74) is 1.81. The second-order valence-corrected chi connectivity index (χ2v) is 4.78. The molecule has 0 aliphatic rings. The van der Waals surface area contributed by atoms with E-state index >= 15 is 0 Å². The van der Waals surface area contributed by atoms with E-state index < -0.39 is 0 Å². The van der Waals surface area contributed by atoms with Crippen molar-refractivity contribution < 1.29 is 9.15 Å². The molecule has 1 aromatic heterocycles. The molecule has 0 fully saturated rings. The van der Waals surface area contributed by atoms with Crippen LogP contribution in [-0.2, 0) is 0 Å². The summed E-state index contributed by atoms with van der Waals surface area (Å²) in [6.07, 6.45) is 2.71. The summed E-state index contributed by atoms with van der Waals surface area (Å²) < 4.78 is 11.1. The average Bonchev–Trinajstić information content (AvgIpc) is 2.76. The van der Waals surface area contributed by atoms with Crippen LogP contribution in [0.15, 0.2) is 34.9 Å². The van der Waals surface area contributed by atoms with Crippen molar-refractivity contribution in [1.29, 1.82) is 0 Å². The molecule has 1 heterocycles. The highest BCUT2D eigenvalue weighted by molar-refractivity contribution is 5.66. The highest BCUT2D eigenvalue weighted by Crippen LogP contribution is 2.29. The Balaban J connectivity index is 2.15. The van der Waals surface area contributed by atoms with Crippen LogP contribution in [0.1, 0.15) is 26.2 Å². The van der Waals surface area contributed by atoms with Crippen molar-refractivity contribution in [3.05, 3.63) is 36.4 Å². The molecule has 96 valence electrons. The molecule has 0 aliphatic carbocycles. The van der Waals surface area contributed by atoms with E-state index in [-0.39, 0.29) is 0 Å². The fourth-order valence-electron chi connectivity index (χ4n) is 1.70. The molecular weight excluding hydrogens is 226 g/mol. The highest BCUT2D eigenvalue weighted by atomic mass is 16.5. The zero-order valence-electron chi connectivity index (χ0n) is 11.1. The minimum absolute atomic E-state index is 0.645. The van der Waals surface area contributed by atoms with Gasteiger partial charge >= 0.3 is 0 Å². The summed E-state index contributed by atoms with van der Waals surface area (Å²) in [5, 5.41) is 0. The molecule has 0 radical (unpaired) electrons. The quantitative estimate of drug-likeness (QED) is 0.796. The number of rotatable bonds is 5. The van der Waals surface area contributed by atoms with E-state index in [4.69, 9.17) is 9.15 Å². The number of oxazole rings is 1. The van der Waals surface area contributed by atoms with Crippen molar-refractivity contribution >= 4 is 0 Å². The number of hydrogen-bond donors (Lipinski definition) is 0. The molecular formula is C15H19NO2. The lowest BCUT2D eigenvalue weighted by Gasteiger charge is -2.10. The largest absolute Gasteiger partial charge is 0.493 e. The Morgan fingerprint density at radius 2 is 2.06 bits per heavy atom. The van der Waals surface area contributed by atoms with Gasteiger partial charge in [-0.15, -0.1) is 0 Å². The molecule has 3 nitrogen and oxygen atoms in total. The fourth-order valence-corrected chi connectivity index (χ4v) is 1.70. The normalized spacial score (nSPS) is 10.9. The predicted molar refractivity (Wildman–Crippen MR) is 71.6 cm³/mol. The zero-order chi connectivity index (χ0) is 13.0. The smallest absolute Gasteiger partial charge is 0.191 e. The Morgan fingerprint density at radius 3 is 2.72 bits per heavy atom. The van der Waals surface area contributed by atoms with Gasteiger partial charge in [-0.05, 0) is 24.5 Å². The molecule has 18 heavy (non-hydrogen) atoms. The molecule has 0 saturated carbocycles. The Morgan fingerprint density at radius 1 is 1.28 bits per heavy atom. The second kappa shape index (κ2) is 5.71. The Bertz CT molecular complexity index is 503. The van der Waals surface area contributed by atoms with E-state index in [9.17, 15) is 0 Å². The van der Waals surface area contributed by atoms with Crippen molar-refractivity contribution in [2.24, 2.45) is 5.92 Å². The lowest BCUT2D eigenvalue weighted by Crippen LogP contribution is -2.02. The number of ether oxygens (including phenoxy) is 1. The van der Waals surface area contributed by atoms with Gasteiger partial charge in [0, 0.05) is 12.5 Å². The highest BCUT2D eigenvalue weighted by Gasteiger charge is 2.09. The van der Waals surface area contributed by atoms with Gasteiger partial charge < -0.3 is 9.15 Å². The van der Waals surface area contributed by atoms with E-state index in [0.29, 0.717) is 11.8 Å². The SMILES string of the molecule is Cc1nc(-c2ccccc2OCCC(C)C)co1. The average molecular weight is 245 g/mol. The number of hydrogen-bond acceptors (Lipinski definition) is 3. The number of aromatic nitrogens is 1. The maximum absolute atomic E-state index is 5.83. The lowest BCUT2D eigenvalue weighted by molar-refractivity contribution is 0.290. The standard InChI is InChI=1S/C15H19NO2/c1-11(2)8-9-17-15-7-5-4-6-13(15)14-10-18-12(3)16-14/h4-7,10-11H,8-9H2,1-3H3. The van der Waals surface area contributed by atoms with Crippen molar-refractivity contribution in [2.75, 3.05) is 6.61 Å². The van der Waals surface area contributed by atoms with Crippen molar-refractivity contribution in [2.45, 2.75) is 27.2 Å². The first kappa shape index (κ1) is 12.7. The molecule has 2 aromatic rings. The topological polar surface area (TPSA) is 35.3 Å². The van der Waals surface area contributed by atoms with Gasteiger partial charge in [0.25, 0.3) is 0 Å². The van der Waals surface area contributed by atoms with Crippen LogP contribution in [0.2, 0.25) is 0 Å². The molecule has 0 N–H and O–H groups in total. The molecule has 0 spiro atoms. The molecule has 2 rings (SSSR count). The van der Waals surface area contributed by atoms with Crippen LogP contribution in [0.5, 0.6) is 5.75 Å². The third-order valence-electron chi connectivity index (χ3n) is 2.73. The van der Waals surface area contributed by atoms with E-state index in [1.54, 1.807) is 6.26 Å². The minimum atomic E-state index is 0.645. The van der Waals surface area contributed by atoms with Crippen LogP contribution in [0.3, 0.4) is 0 Å². The monoisotopic (exact) mass is 245 g/mol. The maximum Gasteiger partial charge on any atom is 0.191 e. The van der Waals surface area contributed by atoms with E-state index in [0.717, 1.165) is 30.0 Å². The third-order valence-corrected chi connectivity index (χ3v) is 2.73. The summed E-state index contributed by atoms with van der Waals surface area (Å²) in [6.45, 7) is 6.95. The number of para-hydroxylation sites is 1. The Hall–Kier alpha value is -1.77. The van der Waals surface area contributed by atoms with Crippen LogP contribution in [0, 0.1) is 12.8 Å². The molecule has 3 heteroatoms. The first-order valence-corrected chi connectivity index (χ1v) is 6.31. The van der Waals surface area contributed by atoms with Crippen LogP contribution >= 0.6 is 0 Å². The first-order valence-electron chi connectivity index (χ1n) is 6.31. The molecule has 0 bridgehead atoms. The molecule has 1 aromatic carbocycles. The van der Waals surface area contributed by atoms with Crippen molar-refractivity contribution in [3.8, 4) is 17.0 Å². The molecule has 0 atom stereocenters. The third kappa shape index (κ3) is 3.13. The van der Waals surface area contributed by atoms with Gasteiger partial charge in [0.1, 0.15) is 17.7 Å². The Kier molecular flexibility index (Phi) is 4.03. The van der Waals surface area contributed by atoms with Gasteiger partial charge in [0.15, 0.2) is 5.89 Å². The van der Waals surface area contributed by atoms with Gasteiger partial charge in [-0.2, -0.15) is 0 Å². The van der Waals surface area contributed by atoms with Crippen molar-refractivity contribution in [1.82, 2.24) is 4.98 Å². The summed E-state index contributed by atoms with van der Waals surface area (Å²) in [6, 6.07) is 7.93. The van der Waals surface area contributed by atoms with Crippen LogP contribution in [0.4, 0.5) is 0 Å². The van der Waals surface area contributed by atoms with Crippen LogP contribution in [-0.4, -0.2) is 11.6 Å². The fraction of sp³-hybridized carbons (Fsp3) is 0.400. The summed E-state index contributed by atoms with van der Waals surface area (Å²) >= 11 is 0. The molecule has 0 amide bonds. The van der Waals surface area contributed by atoms with Gasteiger partial charge in [-0.25, -0.2) is 4.98 Å². The van der Waals surface area contributed by atoms with Gasteiger partial charge in [-0.3, -0.25) is 0 Å². The molecule has 0 saturated heterocycles. The number of nitrogens with zero attached hydrogens (tertiary/aromatic N) is 1. The van der Waals surface area contributed by atoms with Crippen molar-refractivity contribution in [3.63, 3.8) is 0 Å². The summed E-state index contributed by atoms with van der Waals surface area (Å²) in [7, 11) is 0. The summed E-state index contributed by atoms with van der Waals surface area (Å²) in [4.78, 5) is 4.34. The lowest BCUT2D eigenvalue weighted by atomic mass is 10.1. The number of aryl methyl sites for hydroxylation is 1. The minimum Gasteiger partial charge on any atom is -0.493 e. The van der Waals surface area contributed by atoms with Crippen LogP contribution < -0.4 is 4.74 Å². The van der Waals surface area contributed by atoms with Gasteiger partial charge in [0.2, 0.25) is 0 Å². The zero-order valence-corrected chi connectivity index (χ0v) is 11.1. The Labute approximate surface area is 108 Å². The molecule has 0 unspecified atom stereocenters. The second-order valence-electron chi connectivity index (χ2n) is 4.78. The van der Waals surface area contributed by atoms with E-state index in [2.05, 4.69) is 18.8 Å². The molecule has 0 aliphatic heterocycles. The maximum atomic E-state index is 5.83. The van der Waals surface area contributed by atoms with E-state index in [1.807, 2.05) is 31.2 Å². The van der Waals surface area contributed by atoms with Crippen LogP contribution in [0.25, 0.3) is 11.3 Å². The number of benzene rings is 1. The predicted octanol–water partition coefficient (Wildman–Crippen LogP) is 4.07. The summed E-state index contributed by atoms with van der Waals surface area (Å²) in [5.74, 6) is 2.18. The first-order chi connectivity index (χ1) is 8.66. The van der Waals surface area contributed by atoms with E-state index in [1.165, 1.54) is 0 Å². The van der Waals surface area contributed by atoms with Gasteiger partial charge in [0.05, 0.1) is 6.61 Å².